The number of benzene rings is 2. The topological polar surface area (TPSA) is 64.6 Å². The van der Waals surface area contributed by atoms with Gasteiger partial charge in [0.2, 0.25) is 10.0 Å². The Morgan fingerprint density at radius 2 is 1.77 bits per heavy atom. The third-order valence-electron chi connectivity index (χ3n) is 4.85. The van der Waals surface area contributed by atoms with Crippen molar-refractivity contribution in [3.8, 4) is 5.75 Å². The van der Waals surface area contributed by atoms with Crippen LogP contribution in [0.15, 0.2) is 53.4 Å². The number of rotatable bonds is 6. The molecule has 0 saturated carbocycles. The lowest BCUT2D eigenvalue weighted by molar-refractivity contribution is 0.0509. The molecule has 3 rings (SSSR count). The first kappa shape index (κ1) is 18.8. The van der Waals surface area contributed by atoms with Crippen LogP contribution in [0.3, 0.4) is 0 Å². The molecule has 0 aliphatic carbocycles. The fraction of sp³-hybridized carbons (Fsp3) is 0.368. The van der Waals surface area contributed by atoms with Crippen molar-refractivity contribution in [2.24, 2.45) is 0 Å². The van der Waals surface area contributed by atoms with E-state index < -0.39 is 21.3 Å². The third-order valence-corrected chi connectivity index (χ3v) is 6.27. The summed E-state index contributed by atoms with van der Waals surface area (Å²) < 4.78 is 52.0. The van der Waals surface area contributed by atoms with Crippen molar-refractivity contribution >= 4 is 10.0 Å². The summed E-state index contributed by atoms with van der Waals surface area (Å²) in [5.74, 6) is 0.259. The summed E-state index contributed by atoms with van der Waals surface area (Å²) in [6, 6.07) is 12.5. The first-order chi connectivity index (χ1) is 12.5. The molecule has 0 radical (unpaired) electrons. The van der Waals surface area contributed by atoms with Gasteiger partial charge in [0.25, 0.3) is 0 Å². The van der Waals surface area contributed by atoms with Crippen LogP contribution < -0.4 is 9.46 Å². The van der Waals surface area contributed by atoms with E-state index in [1.165, 1.54) is 12.1 Å². The van der Waals surface area contributed by atoms with E-state index in [1.54, 1.807) is 7.11 Å². The summed E-state index contributed by atoms with van der Waals surface area (Å²) in [6.45, 7) is 1.32. The van der Waals surface area contributed by atoms with Gasteiger partial charge in [-0.15, -0.1) is 0 Å². The minimum absolute atomic E-state index is 0.0427. The molecule has 0 unspecified atom stereocenters. The Balaban J connectivity index is 1.89. The Labute approximate surface area is 153 Å². The lowest BCUT2D eigenvalue weighted by Crippen LogP contribution is -2.44. The molecule has 26 heavy (non-hydrogen) atoms. The van der Waals surface area contributed by atoms with Crippen molar-refractivity contribution in [1.82, 2.24) is 4.72 Å². The highest BCUT2D eigenvalue weighted by atomic mass is 32.2. The molecule has 5 nitrogen and oxygen atoms in total. The summed E-state index contributed by atoms with van der Waals surface area (Å²) >= 11 is 0. The Kier molecular flexibility index (Phi) is 5.60. The molecule has 1 aliphatic rings. The van der Waals surface area contributed by atoms with Gasteiger partial charge in [-0.1, -0.05) is 18.2 Å². The fourth-order valence-electron chi connectivity index (χ4n) is 3.32. The van der Waals surface area contributed by atoms with Crippen LogP contribution in [-0.4, -0.2) is 35.3 Å². The number of halogens is 1. The van der Waals surface area contributed by atoms with Crippen molar-refractivity contribution in [2.75, 3.05) is 26.9 Å². The number of sulfonamides is 1. The summed E-state index contributed by atoms with van der Waals surface area (Å²) in [5.41, 5.74) is 0.547. The molecule has 1 heterocycles. The van der Waals surface area contributed by atoms with Gasteiger partial charge in [0.05, 0.1) is 12.0 Å². The van der Waals surface area contributed by atoms with Crippen LogP contribution in [0, 0.1) is 5.82 Å². The predicted octanol–water partition coefficient (Wildman–Crippen LogP) is 2.86. The molecule has 2 aromatic rings. The summed E-state index contributed by atoms with van der Waals surface area (Å²) in [6.07, 6.45) is 1.36. The molecular formula is C19H22FNO4S. The second-order valence-corrected chi connectivity index (χ2v) is 8.14. The van der Waals surface area contributed by atoms with Crippen molar-refractivity contribution in [3.05, 3.63) is 59.9 Å². The minimum Gasteiger partial charge on any atom is -0.496 e. The van der Waals surface area contributed by atoms with Crippen molar-refractivity contribution < 1.29 is 22.3 Å². The van der Waals surface area contributed by atoms with E-state index in [-0.39, 0.29) is 11.4 Å². The zero-order valence-electron chi connectivity index (χ0n) is 14.6. The van der Waals surface area contributed by atoms with E-state index in [0.29, 0.717) is 26.1 Å². The van der Waals surface area contributed by atoms with E-state index in [2.05, 4.69) is 4.72 Å². The first-order valence-corrected chi connectivity index (χ1v) is 9.92. The van der Waals surface area contributed by atoms with Gasteiger partial charge < -0.3 is 9.47 Å². The Morgan fingerprint density at radius 1 is 1.12 bits per heavy atom. The largest absolute Gasteiger partial charge is 0.496 e. The molecule has 1 N–H and O–H groups in total. The molecule has 1 saturated heterocycles. The van der Waals surface area contributed by atoms with Gasteiger partial charge in [-0.2, -0.15) is 0 Å². The summed E-state index contributed by atoms with van der Waals surface area (Å²) in [7, 11) is -2.13. The summed E-state index contributed by atoms with van der Waals surface area (Å²) in [4.78, 5) is 0.0427. The second-order valence-electron chi connectivity index (χ2n) is 6.37. The first-order valence-electron chi connectivity index (χ1n) is 8.43. The highest BCUT2D eigenvalue weighted by molar-refractivity contribution is 7.89. The zero-order valence-corrected chi connectivity index (χ0v) is 15.4. The Hall–Kier alpha value is -1.96. The van der Waals surface area contributed by atoms with Gasteiger partial charge in [0, 0.05) is 30.7 Å². The number of hydrogen-bond donors (Lipinski definition) is 1. The molecule has 140 valence electrons. The number of methoxy groups -OCH3 is 1. The zero-order chi connectivity index (χ0) is 18.6. The molecule has 0 spiro atoms. The average Bonchev–Trinajstić information content (AvgIpc) is 2.67. The molecule has 0 bridgehead atoms. The molecule has 2 aromatic carbocycles. The molecular weight excluding hydrogens is 357 g/mol. The van der Waals surface area contributed by atoms with Gasteiger partial charge in [-0.3, -0.25) is 0 Å². The van der Waals surface area contributed by atoms with Crippen LogP contribution in [0.5, 0.6) is 5.75 Å². The predicted molar refractivity (Wildman–Crippen MR) is 96.3 cm³/mol. The minimum atomic E-state index is -3.74. The van der Waals surface area contributed by atoms with Gasteiger partial charge >= 0.3 is 0 Å². The van der Waals surface area contributed by atoms with E-state index in [1.807, 2.05) is 24.3 Å². The SMILES string of the molecule is COc1ccccc1C1(CNS(=O)(=O)c2ccc(F)cc2)CCOCC1. The maximum Gasteiger partial charge on any atom is 0.240 e. The van der Waals surface area contributed by atoms with Gasteiger partial charge in [-0.25, -0.2) is 17.5 Å². The van der Waals surface area contributed by atoms with Gasteiger partial charge in [-0.05, 0) is 43.2 Å². The van der Waals surface area contributed by atoms with Crippen molar-refractivity contribution in [3.63, 3.8) is 0 Å². The van der Waals surface area contributed by atoms with Crippen LogP contribution in [0.4, 0.5) is 4.39 Å². The van der Waals surface area contributed by atoms with E-state index in [0.717, 1.165) is 23.4 Å². The number of nitrogens with one attached hydrogen (secondary N) is 1. The standard InChI is InChI=1S/C19H22FNO4S/c1-24-18-5-3-2-4-17(18)19(10-12-25-13-11-19)14-21-26(22,23)16-8-6-15(20)7-9-16/h2-9,21H,10-14H2,1H3. The van der Waals surface area contributed by atoms with Crippen LogP contribution in [0.25, 0.3) is 0 Å². The van der Waals surface area contributed by atoms with Gasteiger partial charge in [0.15, 0.2) is 0 Å². The molecule has 1 fully saturated rings. The van der Waals surface area contributed by atoms with Crippen molar-refractivity contribution in [1.29, 1.82) is 0 Å². The van der Waals surface area contributed by atoms with E-state index >= 15 is 0 Å². The Morgan fingerprint density at radius 3 is 2.42 bits per heavy atom. The maximum absolute atomic E-state index is 13.1. The normalized spacial score (nSPS) is 17.0. The highest BCUT2D eigenvalue weighted by Gasteiger charge is 2.37. The average molecular weight is 379 g/mol. The number of hydrogen-bond acceptors (Lipinski definition) is 4. The third kappa shape index (κ3) is 3.90. The fourth-order valence-corrected chi connectivity index (χ4v) is 4.44. The lowest BCUT2D eigenvalue weighted by Gasteiger charge is -2.38. The number of ether oxygens (including phenoxy) is 2. The molecule has 0 amide bonds. The Bertz CT molecular complexity index is 846. The quantitative estimate of drug-likeness (QED) is 0.838. The molecule has 1 aliphatic heterocycles. The van der Waals surface area contributed by atoms with E-state index in [9.17, 15) is 12.8 Å². The maximum atomic E-state index is 13.1. The molecule has 0 atom stereocenters. The highest BCUT2D eigenvalue weighted by Crippen LogP contribution is 2.39. The second kappa shape index (κ2) is 7.73. The summed E-state index contributed by atoms with van der Waals surface area (Å²) in [5, 5.41) is 0. The monoisotopic (exact) mass is 379 g/mol. The van der Waals surface area contributed by atoms with Crippen LogP contribution in [0.2, 0.25) is 0 Å². The molecule has 0 aromatic heterocycles. The van der Waals surface area contributed by atoms with Crippen LogP contribution in [0.1, 0.15) is 18.4 Å². The van der Waals surface area contributed by atoms with Gasteiger partial charge in [0.1, 0.15) is 11.6 Å². The van der Waals surface area contributed by atoms with Crippen LogP contribution in [-0.2, 0) is 20.2 Å². The smallest absolute Gasteiger partial charge is 0.240 e. The lowest BCUT2D eigenvalue weighted by atomic mass is 9.74. The number of para-hydroxylation sites is 1. The van der Waals surface area contributed by atoms with E-state index in [4.69, 9.17) is 9.47 Å². The van der Waals surface area contributed by atoms with Crippen LogP contribution >= 0.6 is 0 Å². The molecule has 7 heteroatoms. The van der Waals surface area contributed by atoms with Crippen molar-refractivity contribution in [2.45, 2.75) is 23.2 Å².